The topological polar surface area (TPSA) is 122 Å². The number of benzene rings is 1. The number of pyridine rings is 2. The van der Waals surface area contributed by atoms with Crippen LogP contribution in [0, 0.1) is 0 Å². The van der Waals surface area contributed by atoms with Crippen LogP contribution in [0.15, 0.2) is 54.9 Å². The van der Waals surface area contributed by atoms with Crippen molar-refractivity contribution >= 4 is 23.7 Å². The number of nitrogens with zero attached hydrogens (tertiary/aromatic N) is 3. The zero-order chi connectivity index (χ0) is 23.4. The van der Waals surface area contributed by atoms with E-state index in [1.54, 1.807) is 17.3 Å². The lowest BCUT2D eigenvalue weighted by Gasteiger charge is -2.17. The van der Waals surface area contributed by atoms with Crippen LogP contribution in [0.5, 0.6) is 0 Å². The number of carboxylic acid groups (broad SMARTS) is 1. The number of nitrogens with one attached hydrogen (secondary N) is 1. The van der Waals surface area contributed by atoms with E-state index < -0.39 is 18.0 Å². The molecule has 0 radical (unpaired) electrons. The van der Waals surface area contributed by atoms with Crippen molar-refractivity contribution in [3.8, 4) is 0 Å². The summed E-state index contributed by atoms with van der Waals surface area (Å²) in [5, 5.41) is 11.9. The first kappa shape index (κ1) is 21.9. The average Bonchev–Trinajstić information content (AvgIpc) is 3.28. The minimum atomic E-state index is -1.15. The Morgan fingerprint density at radius 1 is 1.15 bits per heavy atom. The van der Waals surface area contributed by atoms with Gasteiger partial charge in [-0.2, -0.15) is 0 Å². The van der Waals surface area contributed by atoms with Crippen molar-refractivity contribution in [2.75, 3.05) is 18.5 Å². The monoisotopic (exact) mass is 446 g/mol. The SMILES string of the molecule is CNC(=O)c1cc(C(=O)O)cc(Cc2cncc3c2CCN3C(=O)OCc2ccccc2)n1. The Labute approximate surface area is 190 Å². The maximum atomic E-state index is 12.7. The van der Waals surface area contributed by atoms with E-state index in [0.717, 1.165) is 16.7 Å². The van der Waals surface area contributed by atoms with Gasteiger partial charge in [0.25, 0.3) is 5.91 Å². The summed E-state index contributed by atoms with van der Waals surface area (Å²) in [5.74, 6) is -1.62. The number of fused-ring (bicyclic) bond motifs is 1. The van der Waals surface area contributed by atoms with E-state index in [4.69, 9.17) is 4.74 Å². The van der Waals surface area contributed by atoms with Crippen LogP contribution >= 0.6 is 0 Å². The molecule has 33 heavy (non-hydrogen) atoms. The van der Waals surface area contributed by atoms with E-state index in [0.29, 0.717) is 24.3 Å². The number of hydrogen-bond acceptors (Lipinski definition) is 6. The quantitative estimate of drug-likeness (QED) is 0.597. The standard InChI is InChI=1S/C24H22N4O5/c1-25-22(29)20-11-16(23(30)31)9-18(27-20)10-17-12-26-13-21-19(17)7-8-28(21)24(32)33-14-15-5-3-2-4-6-15/h2-6,9,11-13H,7-8,10,14H2,1H3,(H,25,29)(H,30,31). The van der Waals surface area contributed by atoms with Gasteiger partial charge in [0, 0.05) is 31.9 Å². The number of aromatic carboxylic acids is 1. The molecule has 0 spiro atoms. The molecule has 0 saturated heterocycles. The molecule has 3 aromatic rings. The van der Waals surface area contributed by atoms with Gasteiger partial charge in [-0.15, -0.1) is 0 Å². The Morgan fingerprint density at radius 2 is 1.94 bits per heavy atom. The summed E-state index contributed by atoms with van der Waals surface area (Å²) in [6.07, 6.45) is 3.71. The molecule has 0 aliphatic carbocycles. The number of amides is 2. The van der Waals surface area contributed by atoms with Crippen molar-refractivity contribution in [2.24, 2.45) is 0 Å². The zero-order valence-corrected chi connectivity index (χ0v) is 17.9. The second kappa shape index (κ2) is 9.47. The lowest BCUT2D eigenvalue weighted by Crippen LogP contribution is -2.29. The van der Waals surface area contributed by atoms with Crippen LogP contribution < -0.4 is 10.2 Å². The second-order valence-corrected chi connectivity index (χ2v) is 7.53. The summed E-state index contributed by atoms with van der Waals surface area (Å²) in [6.45, 7) is 0.626. The van der Waals surface area contributed by atoms with Gasteiger partial charge in [0.2, 0.25) is 0 Å². The van der Waals surface area contributed by atoms with Gasteiger partial charge in [-0.3, -0.25) is 14.7 Å². The fraction of sp³-hybridized carbons (Fsp3) is 0.208. The van der Waals surface area contributed by atoms with Crippen molar-refractivity contribution in [1.29, 1.82) is 0 Å². The highest BCUT2D eigenvalue weighted by atomic mass is 16.6. The molecule has 168 valence electrons. The third kappa shape index (κ3) is 4.82. The Balaban J connectivity index is 1.56. The van der Waals surface area contributed by atoms with Gasteiger partial charge in [0.1, 0.15) is 12.3 Å². The molecule has 4 rings (SSSR count). The van der Waals surface area contributed by atoms with Crippen molar-refractivity contribution < 1.29 is 24.2 Å². The largest absolute Gasteiger partial charge is 0.478 e. The van der Waals surface area contributed by atoms with E-state index in [-0.39, 0.29) is 24.3 Å². The first-order valence-corrected chi connectivity index (χ1v) is 10.4. The molecule has 3 heterocycles. The van der Waals surface area contributed by atoms with Crippen molar-refractivity contribution in [1.82, 2.24) is 15.3 Å². The maximum absolute atomic E-state index is 12.7. The lowest BCUT2D eigenvalue weighted by atomic mass is 10.0. The van der Waals surface area contributed by atoms with Gasteiger partial charge in [0.05, 0.1) is 17.4 Å². The van der Waals surface area contributed by atoms with E-state index in [9.17, 15) is 19.5 Å². The van der Waals surface area contributed by atoms with Crippen LogP contribution in [0.25, 0.3) is 0 Å². The van der Waals surface area contributed by atoms with Crippen LogP contribution in [-0.2, 0) is 24.2 Å². The van der Waals surface area contributed by atoms with Crippen molar-refractivity contribution in [2.45, 2.75) is 19.4 Å². The lowest BCUT2D eigenvalue weighted by molar-refractivity contribution is 0.0696. The molecule has 0 saturated carbocycles. The molecule has 2 amide bonds. The van der Waals surface area contributed by atoms with E-state index in [2.05, 4.69) is 15.3 Å². The molecular weight excluding hydrogens is 424 g/mol. The Bertz CT molecular complexity index is 1210. The molecule has 2 aromatic heterocycles. The number of carbonyl (C=O) groups is 3. The maximum Gasteiger partial charge on any atom is 0.414 e. The van der Waals surface area contributed by atoms with Gasteiger partial charge in [-0.25, -0.2) is 14.6 Å². The van der Waals surface area contributed by atoms with Crippen LogP contribution in [0.3, 0.4) is 0 Å². The number of aromatic nitrogens is 2. The number of ether oxygens (including phenoxy) is 1. The van der Waals surface area contributed by atoms with Gasteiger partial charge in [-0.05, 0) is 35.2 Å². The predicted octanol–water partition coefficient (Wildman–Crippen LogP) is 2.82. The van der Waals surface area contributed by atoms with Crippen LogP contribution in [0.1, 0.15) is 43.2 Å². The average molecular weight is 446 g/mol. The highest BCUT2D eigenvalue weighted by Gasteiger charge is 2.28. The number of hydrogen-bond donors (Lipinski definition) is 2. The fourth-order valence-electron chi connectivity index (χ4n) is 3.76. The van der Waals surface area contributed by atoms with Gasteiger partial charge >= 0.3 is 12.1 Å². The fourth-order valence-corrected chi connectivity index (χ4v) is 3.76. The predicted molar refractivity (Wildman–Crippen MR) is 119 cm³/mol. The summed E-state index contributed by atoms with van der Waals surface area (Å²) in [7, 11) is 1.45. The number of anilines is 1. The first-order chi connectivity index (χ1) is 16.0. The summed E-state index contributed by atoms with van der Waals surface area (Å²) in [4.78, 5) is 46.3. The van der Waals surface area contributed by atoms with Crippen LogP contribution in [-0.4, -0.2) is 46.6 Å². The Hall–Kier alpha value is -4.27. The van der Waals surface area contributed by atoms with E-state index in [1.165, 1.54) is 19.2 Å². The normalized spacial score (nSPS) is 12.2. The number of rotatable bonds is 6. The molecular formula is C24H22N4O5. The van der Waals surface area contributed by atoms with Gasteiger partial charge in [-0.1, -0.05) is 30.3 Å². The minimum absolute atomic E-state index is 0.0229. The Morgan fingerprint density at radius 3 is 2.67 bits per heavy atom. The molecule has 0 bridgehead atoms. The smallest absolute Gasteiger partial charge is 0.414 e. The third-order valence-electron chi connectivity index (χ3n) is 5.38. The molecule has 2 N–H and O–H groups in total. The summed E-state index contributed by atoms with van der Waals surface area (Å²) < 4.78 is 5.46. The van der Waals surface area contributed by atoms with Gasteiger partial charge in [0.15, 0.2) is 0 Å². The highest BCUT2D eigenvalue weighted by Crippen LogP contribution is 2.31. The van der Waals surface area contributed by atoms with Crippen molar-refractivity contribution in [3.05, 3.63) is 88.5 Å². The molecule has 9 heteroatoms. The number of carboxylic acids is 1. The van der Waals surface area contributed by atoms with Gasteiger partial charge < -0.3 is 15.2 Å². The zero-order valence-electron chi connectivity index (χ0n) is 17.9. The highest BCUT2D eigenvalue weighted by molar-refractivity contribution is 5.96. The number of carbonyl (C=O) groups excluding carboxylic acids is 2. The third-order valence-corrected chi connectivity index (χ3v) is 5.38. The first-order valence-electron chi connectivity index (χ1n) is 10.4. The van der Waals surface area contributed by atoms with Crippen LogP contribution in [0.4, 0.5) is 10.5 Å². The molecule has 1 aliphatic rings. The van der Waals surface area contributed by atoms with E-state index >= 15 is 0 Å². The van der Waals surface area contributed by atoms with Crippen LogP contribution in [0.2, 0.25) is 0 Å². The second-order valence-electron chi connectivity index (χ2n) is 7.53. The summed E-state index contributed by atoms with van der Waals surface area (Å²) in [6, 6.07) is 12.1. The summed E-state index contributed by atoms with van der Waals surface area (Å²) in [5.41, 5.74) is 3.72. The molecule has 0 fully saturated rings. The summed E-state index contributed by atoms with van der Waals surface area (Å²) >= 11 is 0. The molecule has 1 aliphatic heterocycles. The van der Waals surface area contributed by atoms with E-state index in [1.807, 2.05) is 30.3 Å². The molecule has 1 aromatic carbocycles. The molecule has 0 unspecified atom stereocenters. The molecule has 9 nitrogen and oxygen atoms in total. The Kier molecular flexibility index (Phi) is 6.30. The van der Waals surface area contributed by atoms with Crippen molar-refractivity contribution in [3.63, 3.8) is 0 Å². The molecule has 0 atom stereocenters. The minimum Gasteiger partial charge on any atom is -0.478 e.